The van der Waals surface area contributed by atoms with Gasteiger partial charge >= 0.3 is 0 Å². The average molecular weight is 278 g/mol. The van der Waals surface area contributed by atoms with E-state index in [4.69, 9.17) is 0 Å². The smallest absolute Gasteiger partial charge is 0.237 e. The fraction of sp³-hybridized carbons (Fsp3) is 0.533. The molecule has 1 atom stereocenters. The van der Waals surface area contributed by atoms with E-state index in [0.717, 1.165) is 19.5 Å². The quantitative estimate of drug-likeness (QED) is 0.858. The van der Waals surface area contributed by atoms with Gasteiger partial charge in [-0.2, -0.15) is 0 Å². The lowest BCUT2D eigenvalue weighted by Gasteiger charge is -2.33. The van der Waals surface area contributed by atoms with Gasteiger partial charge in [-0.1, -0.05) is 6.07 Å². The average Bonchev–Trinajstić information content (AvgIpc) is 2.45. The van der Waals surface area contributed by atoms with Crippen molar-refractivity contribution in [3.63, 3.8) is 0 Å². The molecule has 0 radical (unpaired) electrons. The van der Waals surface area contributed by atoms with Crippen LogP contribution in [0.25, 0.3) is 0 Å². The normalized spacial score (nSPS) is 16.8. The number of carbonyl (C=O) groups excluding carboxylic acids is 1. The number of nitrogens with zero attached hydrogens (tertiary/aromatic N) is 1. The van der Waals surface area contributed by atoms with Crippen molar-refractivity contribution >= 4 is 17.7 Å². The van der Waals surface area contributed by atoms with E-state index in [0.29, 0.717) is 6.54 Å². The lowest BCUT2D eigenvalue weighted by Crippen LogP contribution is -2.46. The van der Waals surface area contributed by atoms with Gasteiger partial charge in [0.25, 0.3) is 0 Å². The first-order valence-electron chi connectivity index (χ1n) is 6.83. The molecule has 0 aliphatic carbocycles. The van der Waals surface area contributed by atoms with Crippen molar-refractivity contribution in [2.24, 2.45) is 0 Å². The number of likely N-dealkylation sites (N-methyl/N-ethyl adjacent to an activating group) is 1. The Labute approximate surface area is 119 Å². The minimum Gasteiger partial charge on any atom is -0.355 e. The number of hydrogen-bond donors (Lipinski definition) is 1. The Kier molecular flexibility index (Phi) is 4.88. The Bertz CT molecular complexity index is 461. The van der Waals surface area contributed by atoms with Crippen LogP contribution in [0.4, 0.5) is 0 Å². The van der Waals surface area contributed by atoms with E-state index in [1.807, 2.05) is 13.8 Å². The number of carbonyl (C=O) groups is 1. The third-order valence-corrected chi connectivity index (χ3v) is 4.46. The van der Waals surface area contributed by atoms with Crippen LogP contribution in [0.1, 0.15) is 25.0 Å². The molecule has 1 N–H and O–H groups in total. The van der Waals surface area contributed by atoms with Gasteiger partial charge in [-0.3, -0.25) is 9.69 Å². The Morgan fingerprint density at radius 1 is 1.47 bits per heavy atom. The molecule has 1 unspecified atom stereocenters. The molecular formula is C15H22N2OS. The summed E-state index contributed by atoms with van der Waals surface area (Å²) in [6, 6.07) is 6.61. The summed E-state index contributed by atoms with van der Waals surface area (Å²) in [7, 11) is 0. The Hall–Kier alpha value is -1.00. The Balaban J connectivity index is 2.07. The molecule has 0 saturated heterocycles. The first-order chi connectivity index (χ1) is 9.15. The minimum absolute atomic E-state index is 0.0478. The largest absolute Gasteiger partial charge is 0.355 e. The predicted molar refractivity (Wildman–Crippen MR) is 80.5 cm³/mol. The van der Waals surface area contributed by atoms with Gasteiger partial charge in [0.05, 0.1) is 6.04 Å². The molecule has 1 amide bonds. The number of benzene rings is 1. The minimum atomic E-state index is -0.0478. The van der Waals surface area contributed by atoms with Crippen LogP contribution in [0.5, 0.6) is 0 Å². The maximum absolute atomic E-state index is 11.9. The van der Waals surface area contributed by atoms with Crippen LogP contribution in [0.2, 0.25) is 0 Å². The van der Waals surface area contributed by atoms with E-state index >= 15 is 0 Å². The highest BCUT2D eigenvalue weighted by Gasteiger charge is 2.24. The molecule has 1 heterocycles. The molecule has 104 valence electrons. The zero-order valence-electron chi connectivity index (χ0n) is 11.9. The molecule has 1 aliphatic rings. The molecule has 0 bridgehead atoms. The number of fused-ring (bicyclic) bond motifs is 1. The molecule has 1 aromatic rings. The van der Waals surface area contributed by atoms with E-state index in [-0.39, 0.29) is 11.9 Å². The summed E-state index contributed by atoms with van der Waals surface area (Å²) in [5, 5.41) is 2.90. The third kappa shape index (κ3) is 3.31. The summed E-state index contributed by atoms with van der Waals surface area (Å²) in [5.41, 5.74) is 2.80. The molecule has 3 nitrogen and oxygen atoms in total. The highest BCUT2D eigenvalue weighted by Crippen LogP contribution is 2.25. The summed E-state index contributed by atoms with van der Waals surface area (Å²) < 4.78 is 0. The number of nitrogens with one attached hydrogen (secondary N) is 1. The second-order valence-electron chi connectivity index (χ2n) is 4.93. The van der Waals surface area contributed by atoms with Gasteiger partial charge in [-0.15, -0.1) is 11.8 Å². The summed E-state index contributed by atoms with van der Waals surface area (Å²) in [5.74, 6) is 0.131. The summed E-state index contributed by atoms with van der Waals surface area (Å²) >= 11 is 1.78. The van der Waals surface area contributed by atoms with Gasteiger partial charge in [-0.25, -0.2) is 0 Å². The molecule has 1 aromatic carbocycles. The zero-order chi connectivity index (χ0) is 13.8. The van der Waals surface area contributed by atoms with Crippen molar-refractivity contribution < 1.29 is 4.79 Å². The second kappa shape index (κ2) is 6.44. The predicted octanol–water partition coefficient (Wildman–Crippen LogP) is 2.29. The van der Waals surface area contributed by atoms with Crippen LogP contribution in [-0.2, 0) is 17.8 Å². The van der Waals surface area contributed by atoms with Gasteiger partial charge in [0, 0.05) is 24.5 Å². The van der Waals surface area contributed by atoms with Crippen molar-refractivity contribution in [3.05, 3.63) is 29.3 Å². The molecule has 0 fully saturated rings. The monoisotopic (exact) mass is 278 g/mol. The SMILES string of the molecule is CCNC(=O)C(C)N1CCc2cc(SC)ccc2C1. The van der Waals surface area contributed by atoms with E-state index in [9.17, 15) is 4.79 Å². The summed E-state index contributed by atoms with van der Waals surface area (Å²) in [6.07, 6.45) is 3.14. The first-order valence-corrected chi connectivity index (χ1v) is 8.05. The van der Waals surface area contributed by atoms with E-state index in [2.05, 4.69) is 34.7 Å². The number of hydrogen-bond acceptors (Lipinski definition) is 3. The Morgan fingerprint density at radius 2 is 2.26 bits per heavy atom. The van der Waals surface area contributed by atoms with Crippen molar-refractivity contribution in [1.29, 1.82) is 0 Å². The standard InChI is InChI=1S/C15H22N2OS/c1-4-16-15(18)11(2)17-8-7-12-9-14(19-3)6-5-13(12)10-17/h5-6,9,11H,4,7-8,10H2,1-3H3,(H,16,18). The van der Waals surface area contributed by atoms with Crippen LogP contribution in [0.3, 0.4) is 0 Å². The molecule has 0 aromatic heterocycles. The molecule has 2 rings (SSSR count). The third-order valence-electron chi connectivity index (χ3n) is 3.73. The maximum Gasteiger partial charge on any atom is 0.237 e. The van der Waals surface area contributed by atoms with Crippen molar-refractivity contribution in [2.75, 3.05) is 19.3 Å². The maximum atomic E-state index is 11.9. The van der Waals surface area contributed by atoms with Crippen molar-refractivity contribution in [1.82, 2.24) is 10.2 Å². The highest BCUT2D eigenvalue weighted by molar-refractivity contribution is 7.98. The van der Waals surface area contributed by atoms with E-state index < -0.39 is 0 Å². The van der Waals surface area contributed by atoms with Crippen LogP contribution >= 0.6 is 11.8 Å². The molecule has 1 aliphatic heterocycles. The number of rotatable bonds is 4. The fourth-order valence-electron chi connectivity index (χ4n) is 2.50. The fourth-order valence-corrected chi connectivity index (χ4v) is 2.96. The van der Waals surface area contributed by atoms with Gasteiger partial charge in [0.2, 0.25) is 5.91 Å². The van der Waals surface area contributed by atoms with Crippen LogP contribution in [0, 0.1) is 0 Å². The molecule has 4 heteroatoms. The van der Waals surface area contributed by atoms with E-state index in [1.54, 1.807) is 11.8 Å². The van der Waals surface area contributed by atoms with Gasteiger partial charge in [-0.05, 0) is 49.8 Å². The van der Waals surface area contributed by atoms with Crippen LogP contribution in [-0.4, -0.2) is 36.2 Å². The lowest BCUT2D eigenvalue weighted by molar-refractivity contribution is -0.126. The zero-order valence-corrected chi connectivity index (χ0v) is 12.7. The Morgan fingerprint density at radius 3 is 2.95 bits per heavy atom. The van der Waals surface area contributed by atoms with Gasteiger partial charge in [0.15, 0.2) is 0 Å². The van der Waals surface area contributed by atoms with Gasteiger partial charge in [0.1, 0.15) is 0 Å². The summed E-state index contributed by atoms with van der Waals surface area (Å²) in [6.45, 7) is 6.49. The van der Waals surface area contributed by atoms with Crippen molar-refractivity contribution in [2.45, 2.75) is 37.8 Å². The first kappa shape index (κ1) is 14.4. The molecule has 0 spiro atoms. The molecule has 0 saturated carbocycles. The van der Waals surface area contributed by atoms with Crippen LogP contribution < -0.4 is 5.32 Å². The van der Waals surface area contributed by atoms with E-state index in [1.165, 1.54) is 16.0 Å². The topological polar surface area (TPSA) is 32.3 Å². The number of thioether (sulfide) groups is 1. The lowest BCUT2D eigenvalue weighted by atomic mass is 9.98. The highest BCUT2D eigenvalue weighted by atomic mass is 32.2. The number of amides is 1. The molecule has 19 heavy (non-hydrogen) atoms. The summed E-state index contributed by atoms with van der Waals surface area (Å²) in [4.78, 5) is 15.5. The second-order valence-corrected chi connectivity index (χ2v) is 5.81. The van der Waals surface area contributed by atoms with Gasteiger partial charge < -0.3 is 5.32 Å². The molecular weight excluding hydrogens is 256 g/mol. The van der Waals surface area contributed by atoms with Crippen LogP contribution in [0.15, 0.2) is 23.1 Å². The van der Waals surface area contributed by atoms with Crippen molar-refractivity contribution in [3.8, 4) is 0 Å².